The van der Waals surface area contributed by atoms with Gasteiger partial charge in [0.05, 0.1) is 6.54 Å². The smallest absolute Gasteiger partial charge is 0.320 e. The summed E-state index contributed by atoms with van der Waals surface area (Å²) in [5.74, 6) is 2.56. The van der Waals surface area contributed by atoms with Crippen LogP contribution in [0.1, 0.15) is 46.5 Å². The summed E-state index contributed by atoms with van der Waals surface area (Å²) in [6, 6.07) is 0. The highest BCUT2D eigenvalue weighted by Gasteiger charge is 2.40. The molecule has 1 N–H and O–H groups in total. The van der Waals surface area contributed by atoms with Crippen molar-refractivity contribution in [3.8, 4) is 0 Å². The van der Waals surface area contributed by atoms with Crippen LogP contribution in [0.5, 0.6) is 0 Å². The number of nitrogens with one attached hydrogen (secondary N) is 1. The van der Waals surface area contributed by atoms with Crippen LogP contribution >= 0.6 is 0 Å². The molecule has 98 valence electrons. The second kappa shape index (κ2) is 4.97. The Morgan fingerprint density at radius 3 is 2.18 bits per heavy atom. The third-order valence-corrected chi connectivity index (χ3v) is 3.52. The van der Waals surface area contributed by atoms with Crippen molar-refractivity contribution in [1.82, 2.24) is 5.32 Å². The summed E-state index contributed by atoms with van der Waals surface area (Å²) in [5, 5.41) is 3.28. The minimum Gasteiger partial charge on any atom is -0.459 e. The lowest BCUT2D eigenvalue weighted by molar-refractivity contribution is -0.153. The molecule has 2 rings (SSSR count). The molecule has 3 heteroatoms. The van der Waals surface area contributed by atoms with E-state index in [0.29, 0.717) is 6.54 Å². The van der Waals surface area contributed by atoms with Crippen molar-refractivity contribution in [2.24, 2.45) is 17.8 Å². The first kappa shape index (κ1) is 12.9. The zero-order valence-electron chi connectivity index (χ0n) is 11.3. The zero-order chi connectivity index (χ0) is 12.5. The maximum Gasteiger partial charge on any atom is 0.320 e. The summed E-state index contributed by atoms with van der Waals surface area (Å²) in [6.07, 6.45) is 5.59. The summed E-state index contributed by atoms with van der Waals surface area (Å²) in [7, 11) is 0. The average Bonchev–Trinajstić information content (AvgIpc) is 3.01. The molecule has 0 unspecified atom stereocenters. The quantitative estimate of drug-likeness (QED) is 0.723. The van der Waals surface area contributed by atoms with Crippen molar-refractivity contribution in [3.05, 3.63) is 0 Å². The molecule has 0 heterocycles. The molecule has 0 aromatic rings. The second-order valence-corrected chi connectivity index (χ2v) is 6.56. The fourth-order valence-corrected chi connectivity index (χ4v) is 2.49. The van der Waals surface area contributed by atoms with Crippen molar-refractivity contribution >= 4 is 5.97 Å². The highest BCUT2D eigenvalue weighted by atomic mass is 16.6. The molecular weight excluding hydrogens is 214 g/mol. The van der Waals surface area contributed by atoms with Gasteiger partial charge >= 0.3 is 5.97 Å². The molecule has 0 amide bonds. The Bertz CT molecular complexity index is 262. The Morgan fingerprint density at radius 2 is 1.76 bits per heavy atom. The van der Waals surface area contributed by atoms with Gasteiger partial charge in [0.2, 0.25) is 0 Å². The Hall–Kier alpha value is -0.570. The summed E-state index contributed by atoms with van der Waals surface area (Å²) in [5.41, 5.74) is -0.370. The number of hydrogen-bond acceptors (Lipinski definition) is 3. The number of carbonyl (C=O) groups is 1. The van der Waals surface area contributed by atoms with Crippen LogP contribution in [0.3, 0.4) is 0 Å². The Labute approximate surface area is 104 Å². The van der Waals surface area contributed by atoms with Crippen molar-refractivity contribution in [2.45, 2.75) is 52.1 Å². The summed E-state index contributed by atoms with van der Waals surface area (Å²) in [4.78, 5) is 11.5. The van der Waals surface area contributed by atoms with Gasteiger partial charge in [-0.1, -0.05) is 0 Å². The van der Waals surface area contributed by atoms with Crippen LogP contribution in [0.4, 0.5) is 0 Å². The predicted octanol–water partition coefficient (Wildman–Crippen LogP) is 2.35. The summed E-state index contributed by atoms with van der Waals surface area (Å²) < 4.78 is 5.27. The largest absolute Gasteiger partial charge is 0.459 e. The highest BCUT2D eigenvalue weighted by Crippen LogP contribution is 2.48. The van der Waals surface area contributed by atoms with Crippen molar-refractivity contribution in [2.75, 3.05) is 13.1 Å². The Kier molecular flexibility index (Phi) is 3.76. The Morgan fingerprint density at radius 1 is 1.24 bits per heavy atom. The van der Waals surface area contributed by atoms with Crippen LogP contribution in [0.15, 0.2) is 0 Å². The summed E-state index contributed by atoms with van der Waals surface area (Å²) in [6.45, 7) is 7.06. The van der Waals surface area contributed by atoms with Crippen LogP contribution in [0.25, 0.3) is 0 Å². The van der Waals surface area contributed by atoms with Crippen LogP contribution < -0.4 is 5.32 Å². The van der Waals surface area contributed by atoms with E-state index in [1.54, 1.807) is 0 Å². The average molecular weight is 239 g/mol. The molecular formula is C14H25NO2. The van der Waals surface area contributed by atoms with Crippen LogP contribution in [-0.4, -0.2) is 24.7 Å². The molecule has 0 aromatic carbocycles. The van der Waals surface area contributed by atoms with Gasteiger partial charge in [-0.3, -0.25) is 4.79 Å². The molecule has 0 spiro atoms. The minimum absolute atomic E-state index is 0.136. The molecule has 17 heavy (non-hydrogen) atoms. The van der Waals surface area contributed by atoms with Gasteiger partial charge in [-0.25, -0.2) is 0 Å². The van der Waals surface area contributed by atoms with E-state index in [1.165, 1.54) is 25.7 Å². The van der Waals surface area contributed by atoms with Crippen LogP contribution in [0.2, 0.25) is 0 Å². The minimum atomic E-state index is -0.370. The first-order chi connectivity index (χ1) is 7.96. The summed E-state index contributed by atoms with van der Waals surface area (Å²) >= 11 is 0. The fraction of sp³-hybridized carbons (Fsp3) is 0.929. The molecule has 2 saturated carbocycles. The first-order valence-corrected chi connectivity index (χ1v) is 6.88. The van der Waals surface area contributed by atoms with Gasteiger partial charge in [-0.2, -0.15) is 0 Å². The molecule has 0 bridgehead atoms. The van der Waals surface area contributed by atoms with E-state index < -0.39 is 0 Å². The monoisotopic (exact) mass is 239 g/mol. The predicted molar refractivity (Wildman–Crippen MR) is 67.7 cm³/mol. The van der Waals surface area contributed by atoms with E-state index >= 15 is 0 Å². The first-order valence-electron chi connectivity index (χ1n) is 6.88. The zero-order valence-corrected chi connectivity index (χ0v) is 11.3. The van der Waals surface area contributed by atoms with E-state index in [9.17, 15) is 4.79 Å². The Balaban J connectivity index is 1.62. The lowest BCUT2D eigenvalue weighted by Gasteiger charge is -2.20. The molecule has 3 nitrogen and oxygen atoms in total. The molecule has 0 radical (unpaired) electrons. The fourth-order valence-electron chi connectivity index (χ4n) is 2.49. The molecule has 0 aromatic heterocycles. The molecule has 2 aliphatic carbocycles. The molecule has 0 atom stereocenters. The molecule has 2 fully saturated rings. The topological polar surface area (TPSA) is 38.3 Å². The van der Waals surface area contributed by atoms with Crippen molar-refractivity contribution in [1.29, 1.82) is 0 Å². The van der Waals surface area contributed by atoms with E-state index in [-0.39, 0.29) is 11.6 Å². The van der Waals surface area contributed by atoms with Crippen molar-refractivity contribution < 1.29 is 9.53 Å². The van der Waals surface area contributed by atoms with Gasteiger partial charge in [-0.05, 0) is 70.8 Å². The molecule has 0 saturated heterocycles. The molecule has 2 aliphatic rings. The molecule has 0 aliphatic heterocycles. The third-order valence-electron chi connectivity index (χ3n) is 3.52. The van der Waals surface area contributed by atoms with Gasteiger partial charge in [-0.15, -0.1) is 0 Å². The lowest BCUT2D eigenvalue weighted by Crippen LogP contribution is -2.34. The van der Waals surface area contributed by atoms with E-state index in [1.807, 2.05) is 20.8 Å². The van der Waals surface area contributed by atoms with E-state index in [0.717, 1.165) is 24.3 Å². The van der Waals surface area contributed by atoms with Gasteiger partial charge in [0.15, 0.2) is 0 Å². The lowest BCUT2D eigenvalue weighted by atomic mass is 9.98. The van der Waals surface area contributed by atoms with E-state index in [2.05, 4.69) is 5.32 Å². The van der Waals surface area contributed by atoms with Gasteiger partial charge in [0.1, 0.15) is 5.60 Å². The number of rotatable bonds is 6. The standard InChI is InChI=1S/C14H25NO2/c1-14(2,3)17-13(16)9-15-8-12(10-4-5-10)11-6-7-11/h10-12,15H,4-9H2,1-3H3. The third kappa shape index (κ3) is 4.66. The van der Waals surface area contributed by atoms with E-state index in [4.69, 9.17) is 4.74 Å². The number of esters is 1. The second-order valence-electron chi connectivity index (χ2n) is 6.56. The number of carbonyl (C=O) groups excluding carboxylic acids is 1. The van der Waals surface area contributed by atoms with Crippen LogP contribution in [0, 0.1) is 17.8 Å². The number of hydrogen-bond donors (Lipinski definition) is 1. The van der Waals surface area contributed by atoms with Gasteiger partial charge in [0.25, 0.3) is 0 Å². The SMILES string of the molecule is CC(C)(C)OC(=O)CNCC(C1CC1)C1CC1. The maximum atomic E-state index is 11.5. The normalized spacial score (nSPS) is 20.7. The highest BCUT2D eigenvalue weighted by molar-refractivity contribution is 5.72. The van der Waals surface area contributed by atoms with Gasteiger partial charge < -0.3 is 10.1 Å². The van der Waals surface area contributed by atoms with Crippen LogP contribution in [-0.2, 0) is 9.53 Å². The van der Waals surface area contributed by atoms with Gasteiger partial charge in [0, 0.05) is 0 Å². The maximum absolute atomic E-state index is 11.5. The van der Waals surface area contributed by atoms with Crippen molar-refractivity contribution in [3.63, 3.8) is 0 Å². The number of ether oxygens (including phenoxy) is 1.